The van der Waals surface area contributed by atoms with E-state index in [0.29, 0.717) is 11.8 Å². The Morgan fingerprint density at radius 2 is 2.10 bits per heavy atom. The normalized spacial score (nSPS) is 13.0. The van der Waals surface area contributed by atoms with Crippen LogP contribution in [0.25, 0.3) is 0 Å². The Morgan fingerprint density at radius 3 is 2.62 bits per heavy atom. The topological polar surface area (TPSA) is 83.8 Å². The van der Waals surface area contributed by atoms with Crippen molar-refractivity contribution in [2.45, 2.75) is 19.1 Å². The fraction of sp³-hybridized carbons (Fsp3) is 0.250. The zero-order chi connectivity index (χ0) is 15.6. The summed E-state index contributed by atoms with van der Waals surface area (Å²) in [6.45, 7) is 1.70. The zero-order valence-corrected chi connectivity index (χ0v) is 10.8. The van der Waals surface area contributed by atoms with Gasteiger partial charge in [-0.1, -0.05) is 0 Å². The Bertz CT molecular complexity index is 640. The van der Waals surface area contributed by atoms with Crippen molar-refractivity contribution in [2.75, 3.05) is 5.32 Å². The highest BCUT2D eigenvalue weighted by Crippen LogP contribution is 2.35. The van der Waals surface area contributed by atoms with Crippen LogP contribution in [0.15, 0.2) is 30.5 Å². The monoisotopic (exact) mass is 300 g/mol. The van der Waals surface area contributed by atoms with E-state index in [4.69, 9.17) is 0 Å². The number of nitrogens with one attached hydrogen (secondary N) is 2. The Labute approximate surface area is 117 Å². The Morgan fingerprint density at radius 1 is 1.38 bits per heavy atom. The minimum Gasteiger partial charge on any atom is -0.371 e. The Balaban J connectivity index is 2.33. The third-order valence-corrected chi connectivity index (χ3v) is 2.88. The van der Waals surface area contributed by atoms with Crippen molar-refractivity contribution in [3.05, 3.63) is 51.8 Å². The fourth-order valence-electron chi connectivity index (χ4n) is 1.80. The van der Waals surface area contributed by atoms with E-state index in [9.17, 15) is 23.3 Å². The third kappa shape index (κ3) is 3.30. The molecule has 0 aliphatic carbocycles. The van der Waals surface area contributed by atoms with Gasteiger partial charge in [0.05, 0.1) is 22.2 Å². The maximum Gasteiger partial charge on any atom is 0.416 e. The van der Waals surface area contributed by atoms with Crippen LogP contribution in [0.4, 0.5) is 24.5 Å². The average Bonchev–Trinajstić information content (AvgIpc) is 2.91. The minimum absolute atomic E-state index is 0.00935. The molecule has 21 heavy (non-hydrogen) atoms. The fourth-order valence-corrected chi connectivity index (χ4v) is 1.80. The predicted molar refractivity (Wildman–Crippen MR) is 68.7 cm³/mol. The van der Waals surface area contributed by atoms with E-state index < -0.39 is 22.4 Å². The molecule has 2 N–H and O–H groups in total. The number of aromatic nitrogens is 2. The summed E-state index contributed by atoms with van der Waals surface area (Å²) < 4.78 is 37.8. The lowest BCUT2D eigenvalue weighted by Crippen LogP contribution is -2.11. The predicted octanol–water partition coefficient (Wildman–Crippen LogP) is 3.51. The first-order chi connectivity index (χ1) is 9.79. The number of H-pyrrole nitrogens is 1. The molecule has 0 radical (unpaired) electrons. The smallest absolute Gasteiger partial charge is 0.371 e. The molecule has 1 aromatic carbocycles. The number of hydrogen-bond donors (Lipinski definition) is 2. The molecule has 0 saturated heterocycles. The molecule has 0 saturated carbocycles. The summed E-state index contributed by atoms with van der Waals surface area (Å²) in [6, 6.07) is 3.65. The lowest BCUT2D eigenvalue weighted by molar-refractivity contribution is -0.384. The molecule has 9 heteroatoms. The molecule has 1 aromatic heterocycles. The van der Waals surface area contributed by atoms with E-state index in [1.807, 2.05) is 0 Å². The van der Waals surface area contributed by atoms with Crippen LogP contribution in [0.5, 0.6) is 0 Å². The number of alkyl halides is 3. The highest BCUT2D eigenvalue weighted by Gasteiger charge is 2.33. The summed E-state index contributed by atoms with van der Waals surface area (Å²) >= 11 is 0. The second-order valence-corrected chi connectivity index (χ2v) is 4.36. The van der Waals surface area contributed by atoms with Gasteiger partial charge in [-0.25, -0.2) is 0 Å². The van der Waals surface area contributed by atoms with Gasteiger partial charge in [0.25, 0.3) is 5.69 Å². The molecule has 2 rings (SSSR count). The molecule has 2 aromatic rings. The quantitative estimate of drug-likeness (QED) is 0.668. The Kier molecular flexibility index (Phi) is 3.83. The lowest BCUT2D eigenvalue weighted by atomic mass is 10.1. The van der Waals surface area contributed by atoms with Gasteiger partial charge >= 0.3 is 6.18 Å². The van der Waals surface area contributed by atoms with Gasteiger partial charge in [0.15, 0.2) is 0 Å². The van der Waals surface area contributed by atoms with E-state index in [-0.39, 0.29) is 11.7 Å². The summed E-state index contributed by atoms with van der Waals surface area (Å²) in [5.41, 5.74) is -1.02. The van der Waals surface area contributed by atoms with Gasteiger partial charge in [-0.3, -0.25) is 15.2 Å². The van der Waals surface area contributed by atoms with E-state index in [1.165, 1.54) is 6.20 Å². The summed E-state index contributed by atoms with van der Waals surface area (Å²) in [5.74, 6) is 0. The lowest BCUT2D eigenvalue weighted by Gasteiger charge is -2.15. The Hall–Kier alpha value is -2.58. The van der Waals surface area contributed by atoms with Crippen LogP contribution in [0.1, 0.15) is 24.2 Å². The van der Waals surface area contributed by atoms with Crippen molar-refractivity contribution in [2.24, 2.45) is 0 Å². The van der Waals surface area contributed by atoms with Crippen molar-refractivity contribution >= 4 is 11.4 Å². The van der Waals surface area contributed by atoms with Gasteiger partial charge in [0, 0.05) is 12.3 Å². The highest BCUT2D eigenvalue weighted by atomic mass is 19.4. The van der Waals surface area contributed by atoms with Crippen molar-refractivity contribution in [3.63, 3.8) is 0 Å². The van der Waals surface area contributed by atoms with Crippen molar-refractivity contribution < 1.29 is 18.1 Å². The molecule has 0 amide bonds. The molecular weight excluding hydrogens is 289 g/mol. The highest BCUT2D eigenvalue weighted by molar-refractivity contribution is 5.63. The van der Waals surface area contributed by atoms with Gasteiger partial charge in [-0.15, -0.1) is 0 Å². The van der Waals surface area contributed by atoms with Gasteiger partial charge in [-0.05, 0) is 25.1 Å². The molecule has 1 heterocycles. The number of aromatic amines is 1. The SMILES string of the molecule is CC(Nc1ccc(C(F)(F)F)cc1[N+](=O)[O-])c1ccn[nH]1. The number of nitro benzene ring substituents is 1. The van der Waals surface area contributed by atoms with Crippen molar-refractivity contribution in [1.29, 1.82) is 0 Å². The van der Waals surface area contributed by atoms with Crippen LogP contribution in [-0.4, -0.2) is 15.1 Å². The van der Waals surface area contributed by atoms with Crippen LogP contribution >= 0.6 is 0 Å². The molecule has 112 valence electrons. The van der Waals surface area contributed by atoms with E-state index in [1.54, 1.807) is 13.0 Å². The summed E-state index contributed by atoms with van der Waals surface area (Å²) in [7, 11) is 0. The molecule has 1 atom stereocenters. The molecule has 0 aliphatic heterocycles. The minimum atomic E-state index is -4.63. The number of anilines is 1. The molecule has 0 spiro atoms. The second-order valence-electron chi connectivity index (χ2n) is 4.36. The van der Waals surface area contributed by atoms with Crippen LogP contribution in [0, 0.1) is 10.1 Å². The van der Waals surface area contributed by atoms with Crippen LogP contribution in [0.3, 0.4) is 0 Å². The van der Waals surface area contributed by atoms with Crippen LogP contribution in [-0.2, 0) is 6.18 Å². The average molecular weight is 300 g/mol. The molecule has 0 aliphatic rings. The van der Waals surface area contributed by atoms with Gasteiger partial charge < -0.3 is 5.32 Å². The molecule has 0 fully saturated rings. The van der Waals surface area contributed by atoms with Crippen LogP contribution in [0.2, 0.25) is 0 Å². The van der Waals surface area contributed by atoms with Crippen molar-refractivity contribution in [3.8, 4) is 0 Å². The van der Waals surface area contributed by atoms with Gasteiger partial charge in [-0.2, -0.15) is 18.3 Å². The number of halogens is 3. The van der Waals surface area contributed by atoms with Gasteiger partial charge in [0.1, 0.15) is 5.69 Å². The largest absolute Gasteiger partial charge is 0.416 e. The first-order valence-corrected chi connectivity index (χ1v) is 5.90. The summed E-state index contributed by atoms with van der Waals surface area (Å²) in [6.07, 6.45) is -3.12. The second kappa shape index (κ2) is 5.43. The number of nitrogens with zero attached hydrogens (tertiary/aromatic N) is 2. The maximum atomic E-state index is 12.6. The molecule has 1 unspecified atom stereocenters. The third-order valence-electron chi connectivity index (χ3n) is 2.88. The number of rotatable bonds is 4. The molecule has 0 bridgehead atoms. The van der Waals surface area contributed by atoms with Gasteiger partial charge in [0.2, 0.25) is 0 Å². The van der Waals surface area contributed by atoms with Crippen LogP contribution < -0.4 is 5.32 Å². The molecular formula is C12H11F3N4O2. The van der Waals surface area contributed by atoms with Crippen molar-refractivity contribution in [1.82, 2.24) is 10.2 Å². The van der Waals surface area contributed by atoms with E-state index >= 15 is 0 Å². The van der Waals surface area contributed by atoms with E-state index in [2.05, 4.69) is 15.5 Å². The zero-order valence-electron chi connectivity index (χ0n) is 10.8. The molecule has 6 nitrogen and oxygen atoms in total. The first-order valence-electron chi connectivity index (χ1n) is 5.90. The maximum absolute atomic E-state index is 12.6. The standard InChI is InChI=1S/C12H11F3N4O2/c1-7(9-4-5-16-18-9)17-10-3-2-8(12(13,14)15)6-11(10)19(20)21/h2-7,17H,1H3,(H,16,18). The summed E-state index contributed by atoms with van der Waals surface area (Å²) in [5, 5.41) is 20.2. The number of benzene rings is 1. The number of hydrogen-bond acceptors (Lipinski definition) is 4. The first kappa shape index (κ1) is 14.8. The number of nitro groups is 1. The van der Waals surface area contributed by atoms with E-state index in [0.717, 1.165) is 12.1 Å². The summed E-state index contributed by atoms with van der Waals surface area (Å²) in [4.78, 5) is 10.1.